The van der Waals surface area contributed by atoms with Gasteiger partial charge in [-0.3, -0.25) is 0 Å². The maximum Gasteiger partial charge on any atom is 0.408 e. The Kier molecular flexibility index (Phi) is 8.19. The van der Waals surface area contributed by atoms with E-state index in [1.807, 2.05) is 36.6 Å². The molecule has 0 unspecified atom stereocenters. The van der Waals surface area contributed by atoms with Crippen molar-refractivity contribution in [1.29, 1.82) is 0 Å². The highest BCUT2D eigenvalue weighted by atomic mass is 35.5. The van der Waals surface area contributed by atoms with Crippen LogP contribution in [0.15, 0.2) is 57.7 Å². The van der Waals surface area contributed by atoms with Gasteiger partial charge in [0.25, 0.3) is 0 Å². The fourth-order valence-electron chi connectivity index (χ4n) is 2.97. The number of carbonyl (C=O) groups is 2. The summed E-state index contributed by atoms with van der Waals surface area (Å²) in [6, 6.07) is 12.6. The first-order valence-corrected chi connectivity index (χ1v) is 11.6. The average Bonchev–Trinajstić information content (AvgIpc) is 2.77. The third-order valence-electron chi connectivity index (χ3n) is 4.61. The molecule has 1 aromatic heterocycles. The van der Waals surface area contributed by atoms with Crippen LogP contribution in [0.25, 0.3) is 11.0 Å². The van der Waals surface area contributed by atoms with Crippen molar-refractivity contribution < 1.29 is 23.5 Å². The highest BCUT2D eigenvalue weighted by molar-refractivity contribution is 7.98. The number of esters is 1. The fraction of sp³-hybridized carbons (Fsp3) is 0.261. The highest BCUT2D eigenvalue weighted by Gasteiger charge is 2.24. The number of rotatable bonds is 8. The molecular formula is C23H22ClNO6S. The van der Waals surface area contributed by atoms with Crippen LogP contribution in [0.4, 0.5) is 4.79 Å². The molecule has 32 heavy (non-hydrogen) atoms. The maximum atomic E-state index is 12.8. The van der Waals surface area contributed by atoms with Gasteiger partial charge in [0.1, 0.15) is 18.2 Å². The van der Waals surface area contributed by atoms with E-state index in [0.29, 0.717) is 23.1 Å². The van der Waals surface area contributed by atoms with Gasteiger partial charge in [-0.15, -0.1) is 0 Å². The second-order valence-electron chi connectivity index (χ2n) is 6.99. The molecule has 9 heteroatoms. The van der Waals surface area contributed by atoms with Crippen molar-refractivity contribution in [3.8, 4) is 5.75 Å². The molecule has 3 aromatic rings. The van der Waals surface area contributed by atoms with Crippen LogP contribution >= 0.6 is 23.4 Å². The van der Waals surface area contributed by atoms with Crippen molar-refractivity contribution >= 4 is 46.4 Å². The smallest absolute Gasteiger partial charge is 0.408 e. The van der Waals surface area contributed by atoms with Gasteiger partial charge in [-0.2, -0.15) is 11.8 Å². The second kappa shape index (κ2) is 11.1. The van der Waals surface area contributed by atoms with Crippen molar-refractivity contribution in [2.45, 2.75) is 26.0 Å². The fourth-order valence-corrected chi connectivity index (χ4v) is 3.64. The van der Waals surface area contributed by atoms with E-state index in [1.54, 1.807) is 13.0 Å². The van der Waals surface area contributed by atoms with E-state index in [1.165, 1.54) is 23.9 Å². The van der Waals surface area contributed by atoms with Crippen molar-refractivity contribution in [3.63, 3.8) is 0 Å². The Labute approximate surface area is 194 Å². The first-order valence-electron chi connectivity index (χ1n) is 9.79. The van der Waals surface area contributed by atoms with E-state index >= 15 is 0 Å². The first-order chi connectivity index (χ1) is 15.4. The minimum atomic E-state index is -0.943. The van der Waals surface area contributed by atoms with Crippen LogP contribution < -0.4 is 15.7 Å². The predicted octanol–water partition coefficient (Wildman–Crippen LogP) is 4.71. The molecule has 7 nitrogen and oxygen atoms in total. The number of fused-ring (bicyclic) bond motifs is 1. The van der Waals surface area contributed by atoms with E-state index in [2.05, 4.69) is 5.32 Å². The molecule has 0 saturated heterocycles. The van der Waals surface area contributed by atoms with E-state index in [4.69, 9.17) is 25.5 Å². The third-order valence-corrected chi connectivity index (χ3v) is 5.55. The maximum absolute atomic E-state index is 12.8. The molecule has 1 atom stereocenters. The molecule has 0 radical (unpaired) electrons. The van der Waals surface area contributed by atoms with E-state index in [-0.39, 0.29) is 23.0 Å². The molecule has 0 saturated carbocycles. The molecule has 3 rings (SSSR count). The summed E-state index contributed by atoms with van der Waals surface area (Å²) in [6.07, 6.45) is 1.49. The van der Waals surface area contributed by atoms with Crippen LogP contribution in [0.5, 0.6) is 5.75 Å². The van der Waals surface area contributed by atoms with Gasteiger partial charge >= 0.3 is 17.7 Å². The van der Waals surface area contributed by atoms with Gasteiger partial charge in [0.15, 0.2) is 5.75 Å². The lowest BCUT2D eigenvalue weighted by Gasteiger charge is -2.18. The Morgan fingerprint density at radius 1 is 1.19 bits per heavy atom. The van der Waals surface area contributed by atoms with E-state index in [9.17, 15) is 14.4 Å². The molecule has 1 N–H and O–H groups in total. The molecule has 168 valence electrons. The Balaban J connectivity index is 1.72. The lowest BCUT2D eigenvalue weighted by molar-refractivity contribution is -0.136. The van der Waals surface area contributed by atoms with Crippen molar-refractivity contribution in [2.75, 3.05) is 12.0 Å². The zero-order valence-electron chi connectivity index (χ0n) is 17.6. The number of amides is 1. The number of hydrogen-bond acceptors (Lipinski definition) is 7. The van der Waals surface area contributed by atoms with E-state index in [0.717, 1.165) is 5.56 Å². The molecule has 0 fully saturated rings. The zero-order chi connectivity index (χ0) is 23.1. The second-order valence-corrected chi connectivity index (χ2v) is 8.38. The van der Waals surface area contributed by atoms with Gasteiger partial charge in [-0.05, 0) is 42.5 Å². The summed E-state index contributed by atoms with van der Waals surface area (Å²) in [5, 5.41) is 3.37. The summed E-state index contributed by atoms with van der Waals surface area (Å²) in [4.78, 5) is 36.7. The summed E-state index contributed by atoms with van der Waals surface area (Å²) in [5.41, 5.74) is 1.25. The molecule has 2 aromatic carbocycles. The average molecular weight is 476 g/mol. The van der Waals surface area contributed by atoms with Crippen molar-refractivity contribution in [1.82, 2.24) is 5.32 Å². The third kappa shape index (κ3) is 6.27. The Morgan fingerprint density at radius 2 is 1.94 bits per heavy atom. The largest absolute Gasteiger partial charge is 0.445 e. The van der Waals surface area contributed by atoms with Gasteiger partial charge in [0.05, 0.1) is 5.02 Å². The van der Waals surface area contributed by atoms with Crippen molar-refractivity contribution in [3.05, 3.63) is 75.1 Å². The lowest BCUT2D eigenvalue weighted by atomic mass is 10.1. The number of thioether (sulfide) groups is 1. The Bertz CT molecular complexity index is 1160. The molecule has 0 aliphatic heterocycles. The summed E-state index contributed by atoms with van der Waals surface area (Å²) in [5.74, 6) is -0.0587. The molecule has 0 spiro atoms. The Hall–Kier alpha value is -2.97. The standard InChI is InChI=1S/C23H22ClNO6S/c1-14-10-21(26)30-19-12-20(17(24)11-16(14)19)31-22(27)18(8-9-32-2)25-23(28)29-13-15-6-4-3-5-7-15/h3-7,10-12,18H,8-9,13H2,1-2H3,(H,25,28)/t18-/m1/s1. The summed E-state index contributed by atoms with van der Waals surface area (Å²) < 4.78 is 15.8. The van der Waals surface area contributed by atoms with Gasteiger partial charge in [0, 0.05) is 17.5 Å². The number of aryl methyl sites for hydroxylation is 1. The first kappa shape index (κ1) is 23.7. The molecule has 0 aliphatic carbocycles. The summed E-state index contributed by atoms with van der Waals surface area (Å²) >= 11 is 7.80. The molecular weight excluding hydrogens is 454 g/mol. The monoisotopic (exact) mass is 475 g/mol. The lowest BCUT2D eigenvalue weighted by Crippen LogP contribution is -2.43. The van der Waals surface area contributed by atoms with Crippen LogP contribution in [0.2, 0.25) is 5.02 Å². The van der Waals surface area contributed by atoms with E-state index < -0.39 is 23.7 Å². The SMILES string of the molecule is CSCC[C@@H](NC(=O)OCc1ccccc1)C(=O)Oc1cc2oc(=O)cc(C)c2cc1Cl. The predicted molar refractivity (Wildman–Crippen MR) is 124 cm³/mol. The minimum absolute atomic E-state index is 0.0338. The number of halogens is 1. The quantitative estimate of drug-likeness (QED) is 0.286. The van der Waals surface area contributed by atoms with Gasteiger partial charge in [-0.1, -0.05) is 41.9 Å². The molecule has 0 bridgehead atoms. The van der Waals surface area contributed by atoms with Crippen LogP contribution in [0.1, 0.15) is 17.5 Å². The molecule has 0 aliphatic rings. The molecule has 1 heterocycles. The number of carbonyl (C=O) groups excluding carboxylic acids is 2. The number of nitrogens with one attached hydrogen (secondary N) is 1. The summed E-state index contributed by atoms with van der Waals surface area (Å²) in [6.45, 7) is 1.83. The van der Waals surface area contributed by atoms with Gasteiger partial charge in [0.2, 0.25) is 0 Å². The number of ether oxygens (including phenoxy) is 2. The van der Waals surface area contributed by atoms with Crippen molar-refractivity contribution in [2.24, 2.45) is 0 Å². The van der Waals surface area contributed by atoms with Gasteiger partial charge in [-0.25, -0.2) is 14.4 Å². The normalized spacial score (nSPS) is 11.7. The number of alkyl carbamates (subject to hydrolysis) is 1. The van der Waals surface area contributed by atoms with Crippen LogP contribution in [0.3, 0.4) is 0 Å². The topological polar surface area (TPSA) is 94.8 Å². The highest BCUT2D eigenvalue weighted by Crippen LogP contribution is 2.31. The Morgan fingerprint density at radius 3 is 2.66 bits per heavy atom. The minimum Gasteiger partial charge on any atom is -0.445 e. The van der Waals surface area contributed by atoms with Crippen LogP contribution in [0, 0.1) is 6.92 Å². The number of benzene rings is 2. The van der Waals surface area contributed by atoms with Gasteiger partial charge < -0.3 is 19.2 Å². The molecule has 1 amide bonds. The van der Waals surface area contributed by atoms with Crippen LogP contribution in [-0.2, 0) is 16.1 Å². The summed E-state index contributed by atoms with van der Waals surface area (Å²) in [7, 11) is 0. The zero-order valence-corrected chi connectivity index (χ0v) is 19.1. The van der Waals surface area contributed by atoms with Crippen LogP contribution in [-0.4, -0.2) is 30.1 Å². The number of hydrogen-bond donors (Lipinski definition) is 1.